The summed E-state index contributed by atoms with van der Waals surface area (Å²) in [6, 6.07) is 0. The minimum Gasteiger partial charge on any atom is -0.0654 e. The van der Waals surface area contributed by atoms with E-state index in [1.165, 1.54) is 77.0 Å². The Morgan fingerprint density at radius 1 is 0.529 bits per heavy atom. The van der Waals surface area contributed by atoms with Crippen LogP contribution < -0.4 is 0 Å². The van der Waals surface area contributed by atoms with Gasteiger partial charge >= 0.3 is 0 Å². The molecule has 0 aromatic heterocycles. The fourth-order valence-corrected chi connectivity index (χ4v) is 2.52. The molecule has 0 spiro atoms. The summed E-state index contributed by atoms with van der Waals surface area (Å²) in [5, 5.41) is 0. The molecule has 0 radical (unpaired) electrons. The van der Waals surface area contributed by atoms with Gasteiger partial charge in [0.2, 0.25) is 0 Å². The van der Waals surface area contributed by atoms with Crippen LogP contribution >= 0.6 is 0 Å². The fraction of sp³-hybridized carbons (Fsp3) is 1.00. The van der Waals surface area contributed by atoms with E-state index in [1.54, 1.807) is 0 Å². The zero-order chi connectivity index (χ0) is 13.0. The first-order valence-electron chi connectivity index (χ1n) is 8.12. The number of hydrogen-bond donors (Lipinski definition) is 0. The SMILES string of the molecule is CCCCCCCCCCC(C)(C)CCCC. The summed E-state index contributed by atoms with van der Waals surface area (Å²) < 4.78 is 0. The van der Waals surface area contributed by atoms with Gasteiger partial charge in [0.25, 0.3) is 0 Å². The van der Waals surface area contributed by atoms with Crippen LogP contribution in [0.1, 0.15) is 105 Å². The predicted molar refractivity (Wildman–Crippen MR) is 80.5 cm³/mol. The van der Waals surface area contributed by atoms with Crippen LogP contribution in [0.15, 0.2) is 0 Å². The van der Waals surface area contributed by atoms with Crippen molar-refractivity contribution in [2.45, 2.75) is 105 Å². The molecule has 0 unspecified atom stereocenters. The minimum absolute atomic E-state index is 0.595. The summed E-state index contributed by atoms with van der Waals surface area (Å²) in [7, 11) is 0. The second kappa shape index (κ2) is 11.1. The van der Waals surface area contributed by atoms with Crippen LogP contribution in [0.2, 0.25) is 0 Å². The topological polar surface area (TPSA) is 0 Å². The summed E-state index contributed by atoms with van der Waals surface area (Å²) >= 11 is 0. The van der Waals surface area contributed by atoms with Crippen molar-refractivity contribution < 1.29 is 0 Å². The van der Waals surface area contributed by atoms with Gasteiger partial charge in [0.15, 0.2) is 0 Å². The van der Waals surface area contributed by atoms with Gasteiger partial charge in [-0.2, -0.15) is 0 Å². The van der Waals surface area contributed by atoms with Crippen LogP contribution in [0.5, 0.6) is 0 Å². The monoisotopic (exact) mass is 240 g/mol. The molecule has 0 aliphatic heterocycles. The van der Waals surface area contributed by atoms with Gasteiger partial charge in [-0.25, -0.2) is 0 Å². The molecule has 0 aromatic carbocycles. The van der Waals surface area contributed by atoms with E-state index in [-0.39, 0.29) is 0 Å². The lowest BCUT2D eigenvalue weighted by atomic mass is 9.82. The molecule has 0 aliphatic carbocycles. The van der Waals surface area contributed by atoms with Crippen LogP contribution in [-0.2, 0) is 0 Å². The highest BCUT2D eigenvalue weighted by atomic mass is 14.2. The lowest BCUT2D eigenvalue weighted by molar-refractivity contribution is 0.285. The Kier molecular flexibility index (Phi) is 11.1. The van der Waals surface area contributed by atoms with Gasteiger partial charge in [-0.05, 0) is 18.3 Å². The van der Waals surface area contributed by atoms with Crippen molar-refractivity contribution in [3.05, 3.63) is 0 Å². The van der Waals surface area contributed by atoms with E-state index in [2.05, 4.69) is 27.7 Å². The van der Waals surface area contributed by atoms with Crippen molar-refractivity contribution in [1.29, 1.82) is 0 Å². The molecule has 17 heavy (non-hydrogen) atoms. The normalized spacial score (nSPS) is 12.0. The van der Waals surface area contributed by atoms with Crippen molar-refractivity contribution >= 4 is 0 Å². The van der Waals surface area contributed by atoms with Gasteiger partial charge in [0, 0.05) is 0 Å². The summed E-state index contributed by atoms with van der Waals surface area (Å²) in [5.41, 5.74) is 0.595. The van der Waals surface area contributed by atoms with Crippen molar-refractivity contribution in [3.8, 4) is 0 Å². The van der Waals surface area contributed by atoms with Crippen LogP contribution in [-0.4, -0.2) is 0 Å². The second-order valence-electron chi connectivity index (χ2n) is 6.49. The number of unbranched alkanes of at least 4 members (excludes halogenated alkanes) is 8. The van der Waals surface area contributed by atoms with Crippen LogP contribution in [0.4, 0.5) is 0 Å². The highest BCUT2D eigenvalue weighted by Gasteiger charge is 2.15. The first-order chi connectivity index (χ1) is 8.12. The third-order valence-corrected chi connectivity index (χ3v) is 3.91. The van der Waals surface area contributed by atoms with Crippen LogP contribution in [0, 0.1) is 5.41 Å². The van der Waals surface area contributed by atoms with Crippen LogP contribution in [0.3, 0.4) is 0 Å². The quantitative estimate of drug-likeness (QED) is 0.332. The third-order valence-electron chi connectivity index (χ3n) is 3.91. The Balaban J connectivity index is 3.26. The lowest BCUT2D eigenvalue weighted by Gasteiger charge is -2.24. The van der Waals surface area contributed by atoms with Crippen molar-refractivity contribution in [3.63, 3.8) is 0 Å². The maximum atomic E-state index is 2.45. The summed E-state index contributed by atoms with van der Waals surface area (Å²) in [6.45, 7) is 9.48. The predicted octanol–water partition coefficient (Wildman–Crippen LogP) is 6.73. The van der Waals surface area contributed by atoms with Crippen molar-refractivity contribution in [2.75, 3.05) is 0 Å². The van der Waals surface area contributed by atoms with E-state index >= 15 is 0 Å². The standard InChI is InChI=1S/C17H36/c1-5-7-9-10-11-12-13-14-16-17(3,4)15-8-6-2/h5-16H2,1-4H3. The molecule has 0 N–H and O–H groups in total. The largest absolute Gasteiger partial charge is 0.0654 e. The van der Waals surface area contributed by atoms with E-state index in [0.29, 0.717) is 5.41 Å². The average molecular weight is 240 g/mol. The molecule has 0 rings (SSSR count). The first-order valence-corrected chi connectivity index (χ1v) is 8.12. The second-order valence-corrected chi connectivity index (χ2v) is 6.49. The molecule has 104 valence electrons. The van der Waals surface area contributed by atoms with E-state index in [1.807, 2.05) is 0 Å². The summed E-state index contributed by atoms with van der Waals surface area (Å²) in [4.78, 5) is 0. The van der Waals surface area contributed by atoms with Crippen molar-refractivity contribution in [2.24, 2.45) is 5.41 Å². The Morgan fingerprint density at radius 2 is 0.941 bits per heavy atom. The molecule has 0 amide bonds. The fourth-order valence-electron chi connectivity index (χ4n) is 2.52. The molecule has 0 aliphatic rings. The molecule has 0 bridgehead atoms. The summed E-state index contributed by atoms with van der Waals surface area (Å²) in [5.74, 6) is 0. The van der Waals surface area contributed by atoms with E-state index in [4.69, 9.17) is 0 Å². The first kappa shape index (κ1) is 17.0. The van der Waals surface area contributed by atoms with Gasteiger partial charge in [-0.1, -0.05) is 91.9 Å². The van der Waals surface area contributed by atoms with Crippen molar-refractivity contribution in [1.82, 2.24) is 0 Å². The van der Waals surface area contributed by atoms with Crippen LogP contribution in [0.25, 0.3) is 0 Å². The average Bonchev–Trinajstić information content (AvgIpc) is 2.30. The molecule has 0 saturated heterocycles. The van der Waals surface area contributed by atoms with Gasteiger partial charge in [-0.3, -0.25) is 0 Å². The van der Waals surface area contributed by atoms with Gasteiger partial charge in [-0.15, -0.1) is 0 Å². The zero-order valence-corrected chi connectivity index (χ0v) is 13.0. The molecule has 0 nitrogen and oxygen atoms in total. The molecule has 0 heteroatoms. The van der Waals surface area contributed by atoms with E-state index in [9.17, 15) is 0 Å². The maximum absolute atomic E-state index is 2.45. The maximum Gasteiger partial charge on any atom is -0.0354 e. The Labute approximate surface area is 111 Å². The van der Waals surface area contributed by atoms with Gasteiger partial charge in [0.1, 0.15) is 0 Å². The highest BCUT2D eigenvalue weighted by Crippen LogP contribution is 2.29. The third kappa shape index (κ3) is 12.2. The number of hydrogen-bond acceptors (Lipinski definition) is 0. The minimum atomic E-state index is 0.595. The van der Waals surface area contributed by atoms with Gasteiger partial charge in [0.05, 0.1) is 0 Å². The summed E-state index contributed by atoms with van der Waals surface area (Å²) in [6.07, 6.45) is 17.2. The molecule has 0 heterocycles. The zero-order valence-electron chi connectivity index (χ0n) is 13.0. The molecular weight excluding hydrogens is 204 g/mol. The van der Waals surface area contributed by atoms with E-state index in [0.717, 1.165) is 0 Å². The van der Waals surface area contributed by atoms with Gasteiger partial charge < -0.3 is 0 Å². The van der Waals surface area contributed by atoms with E-state index < -0.39 is 0 Å². The molecule has 0 saturated carbocycles. The Hall–Kier alpha value is 0. The molecule has 0 aromatic rings. The lowest BCUT2D eigenvalue weighted by Crippen LogP contribution is -2.10. The Morgan fingerprint density at radius 3 is 1.47 bits per heavy atom. The highest BCUT2D eigenvalue weighted by molar-refractivity contribution is 4.68. The molecule has 0 atom stereocenters. The number of rotatable bonds is 12. The molecule has 0 fully saturated rings. The Bertz CT molecular complexity index is 146. The molecular formula is C17H36. The smallest absolute Gasteiger partial charge is 0.0354 e.